The first-order valence-corrected chi connectivity index (χ1v) is 7.56. The Kier molecular flexibility index (Phi) is 4.71. The molecular formula is C13H16ClN3OS. The van der Waals surface area contributed by atoms with Crippen LogP contribution in [0.1, 0.15) is 19.7 Å². The van der Waals surface area contributed by atoms with E-state index in [2.05, 4.69) is 24.0 Å². The van der Waals surface area contributed by atoms with E-state index >= 15 is 0 Å². The van der Waals surface area contributed by atoms with Gasteiger partial charge in [0.15, 0.2) is 5.82 Å². The molecule has 2 rings (SSSR count). The van der Waals surface area contributed by atoms with Gasteiger partial charge in [0.25, 0.3) is 5.89 Å². The summed E-state index contributed by atoms with van der Waals surface area (Å²) in [6, 6.07) is 5.36. The number of nitrogens with two attached hydrogens (primary N) is 1. The number of hydrogen-bond acceptors (Lipinski definition) is 5. The zero-order valence-corrected chi connectivity index (χ0v) is 12.5. The van der Waals surface area contributed by atoms with Crippen molar-refractivity contribution in [3.05, 3.63) is 29.0 Å². The Bertz CT molecular complexity index is 557. The van der Waals surface area contributed by atoms with Crippen molar-refractivity contribution < 1.29 is 4.52 Å². The van der Waals surface area contributed by atoms with Gasteiger partial charge in [0.05, 0.1) is 22.0 Å². The first kappa shape index (κ1) is 14.2. The number of hydrogen-bond donors (Lipinski definition) is 1. The molecule has 1 aromatic heterocycles. The van der Waals surface area contributed by atoms with Crippen LogP contribution in [0.4, 0.5) is 5.69 Å². The molecule has 0 saturated carbocycles. The molecule has 6 heteroatoms. The lowest BCUT2D eigenvalue weighted by Crippen LogP contribution is -1.93. The Balaban J connectivity index is 2.10. The van der Waals surface area contributed by atoms with Crippen molar-refractivity contribution in [1.82, 2.24) is 10.1 Å². The second-order valence-electron chi connectivity index (χ2n) is 4.63. The van der Waals surface area contributed by atoms with Gasteiger partial charge in [-0.25, -0.2) is 0 Å². The van der Waals surface area contributed by atoms with Gasteiger partial charge in [0.2, 0.25) is 0 Å². The van der Waals surface area contributed by atoms with Crippen LogP contribution in [0.15, 0.2) is 22.7 Å². The fourth-order valence-electron chi connectivity index (χ4n) is 1.53. The number of thioether (sulfide) groups is 1. The second kappa shape index (κ2) is 6.30. The highest BCUT2D eigenvalue weighted by Crippen LogP contribution is 2.30. The highest BCUT2D eigenvalue weighted by Gasteiger charge is 2.13. The van der Waals surface area contributed by atoms with E-state index in [-0.39, 0.29) is 0 Å². The van der Waals surface area contributed by atoms with Crippen LogP contribution in [0, 0.1) is 5.92 Å². The number of para-hydroxylation sites is 1. The number of nitrogens with zero attached hydrogens (tertiary/aromatic N) is 2. The summed E-state index contributed by atoms with van der Waals surface area (Å²) in [6.45, 7) is 4.36. The van der Waals surface area contributed by atoms with Crippen LogP contribution < -0.4 is 5.73 Å². The summed E-state index contributed by atoms with van der Waals surface area (Å²) >= 11 is 7.76. The predicted molar refractivity (Wildman–Crippen MR) is 80.2 cm³/mol. The summed E-state index contributed by atoms with van der Waals surface area (Å²) in [4.78, 5) is 4.34. The molecule has 0 fully saturated rings. The molecule has 0 radical (unpaired) electrons. The third-order valence-electron chi connectivity index (χ3n) is 2.43. The zero-order chi connectivity index (χ0) is 13.8. The lowest BCUT2D eigenvalue weighted by atomic mass is 10.2. The molecule has 0 aliphatic carbocycles. The molecule has 0 atom stereocenters. The Morgan fingerprint density at radius 3 is 2.95 bits per heavy atom. The van der Waals surface area contributed by atoms with E-state index in [1.807, 2.05) is 12.1 Å². The van der Waals surface area contributed by atoms with E-state index in [1.165, 1.54) is 0 Å². The summed E-state index contributed by atoms with van der Waals surface area (Å²) < 4.78 is 5.23. The maximum atomic E-state index is 5.97. The molecular weight excluding hydrogens is 282 g/mol. The van der Waals surface area contributed by atoms with Crippen molar-refractivity contribution in [3.8, 4) is 11.5 Å². The molecule has 102 valence electrons. The lowest BCUT2D eigenvalue weighted by Gasteiger charge is -2.02. The Hall–Kier alpha value is -1.20. The summed E-state index contributed by atoms with van der Waals surface area (Å²) in [5, 5.41) is 4.45. The number of rotatable bonds is 5. The summed E-state index contributed by atoms with van der Waals surface area (Å²) in [5.41, 5.74) is 7.05. The second-order valence-corrected chi connectivity index (χ2v) is 6.06. The monoisotopic (exact) mass is 297 g/mol. The summed E-state index contributed by atoms with van der Waals surface area (Å²) in [6.07, 6.45) is 0. The average molecular weight is 298 g/mol. The number of halogens is 1. The number of anilines is 1. The highest BCUT2D eigenvalue weighted by molar-refractivity contribution is 7.98. The standard InChI is InChI=1S/C13H16ClN3OS/c1-8(2)6-19-7-11-16-13(18-17-11)9-4-3-5-10(14)12(9)15/h3-5,8H,6-7,15H2,1-2H3. The maximum absolute atomic E-state index is 5.97. The third-order valence-corrected chi connectivity index (χ3v) is 4.13. The minimum atomic E-state index is 0.417. The van der Waals surface area contributed by atoms with E-state index < -0.39 is 0 Å². The molecule has 1 heterocycles. The largest absolute Gasteiger partial charge is 0.397 e. The quantitative estimate of drug-likeness (QED) is 0.849. The first-order chi connectivity index (χ1) is 9.08. The van der Waals surface area contributed by atoms with Crippen LogP contribution in [0.5, 0.6) is 0 Å². The smallest absolute Gasteiger partial charge is 0.260 e. The molecule has 1 aromatic carbocycles. The van der Waals surface area contributed by atoms with E-state index in [1.54, 1.807) is 17.8 Å². The molecule has 4 nitrogen and oxygen atoms in total. The molecule has 0 bridgehead atoms. The van der Waals surface area contributed by atoms with Crippen molar-refractivity contribution in [1.29, 1.82) is 0 Å². The Morgan fingerprint density at radius 1 is 1.42 bits per heavy atom. The minimum Gasteiger partial charge on any atom is -0.397 e. The first-order valence-electron chi connectivity index (χ1n) is 6.02. The normalized spacial score (nSPS) is 11.2. The number of nitrogen functional groups attached to an aromatic ring is 1. The van der Waals surface area contributed by atoms with Crippen molar-refractivity contribution in [2.24, 2.45) is 5.92 Å². The van der Waals surface area contributed by atoms with E-state index in [0.717, 1.165) is 11.5 Å². The van der Waals surface area contributed by atoms with Crippen molar-refractivity contribution in [2.45, 2.75) is 19.6 Å². The van der Waals surface area contributed by atoms with Gasteiger partial charge in [0, 0.05) is 0 Å². The molecule has 0 saturated heterocycles. The molecule has 0 aliphatic rings. The SMILES string of the molecule is CC(C)CSCc1noc(-c2cccc(Cl)c2N)n1. The fraction of sp³-hybridized carbons (Fsp3) is 0.385. The molecule has 0 aliphatic heterocycles. The van der Waals surface area contributed by atoms with Gasteiger partial charge in [-0.2, -0.15) is 16.7 Å². The lowest BCUT2D eigenvalue weighted by molar-refractivity contribution is 0.425. The summed E-state index contributed by atoms with van der Waals surface area (Å²) in [7, 11) is 0. The van der Waals surface area contributed by atoms with E-state index in [4.69, 9.17) is 21.9 Å². The van der Waals surface area contributed by atoms with Crippen LogP contribution in [0.25, 0.3) is 11.5 Å². The third kappa shape index (κ3) is 3.64. The van der Waals surface area contributed by atoms with Gasteiger partial charge in [-0.15, -0.1) is 0 Å². The van der Waals surface area contributed by atoms with E-state index in [0.29, 0.717) is 33.9 Å². The van der Waals surface area contributed by atoms with Gasteiger partial charge in [-0.05, 0) is 23.8 Å². The van der Waals surface area contributed by atoms with Gasteiger partial charge < -0.3 is 10.3 Å². The van der Waals surface area contributed by atoms with Crippen molar-refractivity contribution in [2.75, 3.05) is 11.5 Å². The Morgan fingerprint density at radius 2 is 2.21 bits per heavy atom. The maximum Gasteiger partial charge on any atom is 0.260 e. The molecule has 0 unspecified atom stereocenters. The summed E-state index contributed by atoms with van der Waals surface area (Å²) in [5.74, 6) is 3.56. The predicted octanol–water partition coefficient (Wildman–Crippen LogP) is 3.86. The number of benzene rings is 1. The molecule has 0 amide bonds. The van der Waals surface area contributed by atoms with Crippen LogP contribution in [-0.2, 0) is 5.75 Å². The molecule has 2 aromatic rings. The van der Waals surface area contributed by atoms with Gasteiger partial charge >= 0.3 is 0 Å². The van der Waals surface area contributed by atoms with Gasteiger partial charge in [0.1, 0.15) is 0 Å². The molecule has 19 heavy (non-hydrogen) atoms. The zero-order valence-electron chi connectivity index (χ0n) is 10.9. The van der Waals surface area contributed by atoms with Crippen LogP contribution in [0.3, 0.4) is 0 Å². The molecule has 2 N–H and O–H groups in total. The van der Waals surface area contributed by atoms with Gasteiger partial charge in [-0.3, -0.25) is 0 Å². The topological polar surface area (TPSA) is 64.9 Å². The van der Waals surface area contributed by atoms with Gasteiger partial charge in [-0.1, -0.05) is 36.7 Å². The number of aromatic nitrogens is 2. The highest BCUT2D eigenvalue weighted by atomic mass is 35.5. The fourth-order valence-corrected chi connectivity index (χ4v) is 2.60. The van der Waals surface area contributed by atoms with Crippen LogP contribution in [-0.4, -0.2) is 15.9 Å². The average Bonchev–Trinajstić information content (AvgIpc) is 2.81. The minimum absolute atomic E-state index is 0.417. The van der Waals surface area contributed by atoms with E-state index in [9.17, 15) is 0 Å². The molecule has 0 spiro atoms. The van der Waals surface area contributed by atoms with Crippen molar-refractivity contribution in [3.63, 3.8) is 0 Å². The van der Waals surface area contributed by atoms with Crippen LogP contribution in [0.2, 0.25) is 5.02 Å². The Labute approximate surface area is 121 Å². The van der Waals surface area contributed by atoms with Crippen molar-refractivity contribution >= 4 is 29.1 Å². The van der Waals surface area contributed by atoms with Crippen LogP contribution >= 0.6 is 23.4 Å².